The first-order chi connectivity index (χ1) is 12.8. The molecular formula is C21H28N4O2. The largest absolute Gasteiger partial charge is 0.341 e. The molecule has 0 spiro atoms. The molecule has 0 atom stereocenters. The number of carbonyl (C=O) groups is 2. The lowest BCUT2D eigenvalue weighted by Crippen LogP contribution is -2.37. The molecule has 0 N–H and O–H groups in total. The fraction of sp³-hybridized carbons (Fsp3) is 0.524. The van der Waals surface area contributed by atoms with E-state index in [4.69, 9.17) is 0 Å². The lowest BCUT2D eigenvalue weighted by molar-refractivity contribution is -0.131. The maximum Gasteiger partial charge on any atom is 0.253 e. The van der Waals surface area contributed by atoms with Gasteiger partial charge in [0.2, 0.25) is 5.91 Å². The van der Waals surface area contributed by atoms with Crippen molar-refractivity contribution < 1.29 is 9.59 Å². The van der Waals surface area contributed by atoms with Crippen LogP contribution in [0.25, 0.3) is 11.0 Å². The van der Waals surface area contributed by atoms with Crippen molar-refractivity contribution in [1.82, 2.24) is 19.8 Å². The molecule has 27 heavy (non-hydrogen) atoms. The van der Waals surface area contributed by atoms with Gasteiger partial charge in [0.1, 0.15) is 0 Å². The predicted octanol–water partition coefficient (Wildman–Crippen LogP) is 2.97. The lowest BCUT2D eigenvalue weighted by atomic mass is 10.1. The fourth-order valence-corrected chi connectivity index (χ4v) is 3.39. The number of rotatable bonds is 3. The standard InChI is InChI=1S/C21H28N4O2/c1-14(2)12-20(26)24-8-5-9-25(11-10-24)21(27)17-6-7-18-19(13-17)23-16(4)15(3)22-18/h6-7,13-14H,5,8-12H2,1-4H3. The molecule has 2 heterocycles. The zero-order valence-corrected chi connectivity index (χ0v) is 16.7. The maximum absolute atomic E-state index is 13.0. The summed E-state index contributed by atoms with van der Waals surface area (Å²) in [6, 6.07) is 5.50. The van der Waals surface area contributed by atoms with Crippen LogP contribution in [0.4, 0.5) is 0 Å². The molecule has 2 aromatic rings. The number of carbonyl (C=O) groups excluding carboxylic acids is 2. The average Bonchev–Trinajstić information content (AvgIpc) is 2.87. The third-order valence-electron chi connectivity index (χ3n) is 5.04. The van der Waals surface area contributed by atoms with Crippen LogP contribution in [-0.2, 0) is 4.79 Å². The van der Waals surface area contributed by atoms with Gasteiger partial charge in [-0.25, -0.2) is 9.97 Å². The van der Waals surface area contributed by atoms with Crippen LogP contribution in [0.1, 0.15) is 48.4 Å². The Morgan fingerprint density at radius 1 is 0.963 bits per heavy atom. The number of fused-ring (bicyclic) bond motifs is 1. The van der Waals surface area contributed by atoms with Crippen LogP contribution in [0.2, 0.25) is 0 Å². The molecule has 0 radical (unpaired) electrons. The van der Waals surface area contributed by atoms with Gasteiger partial charge >= 0.3 is 0 Å². The van der Waals surface area contributed by atoms with Gasteiger partial charge in [-0.05, 0) is 44.4 Å². The normalized spacial score (nSPS) is 15.3. The second-order valence-corrected chi connectivity index (χ2v) is 7.72. The van der Waals surface area contributed by atoms with E-state index in [0.29, 0.717) is 37.5 Å². The lowest BCUT2D eigenvalue weighted by Gasteiger charge is -2.23. The van der Waals surface area contributed by atoms with E-state index in [1.54, 1.807) is 0 Å². The molecule has 2 amide bonds. The van der Waals surface area contributed by atoms with E-state index in [9.17, 15) is 9.59 Å². The smallest absolute Gasteiger partial charge is 0.253 e. The van der Waals surface area contributed by atoms with Gasteiger partial charge in [-0.2, -0.15) is 0 Å². The summed E-state index contributed by atoms with van der Waals surface area (Å²) in [6.07, 6.45) is 1.37. The van der Waals surface area contributed by atoms with Crippen molar-refractivity contribution in [2.45, 2.75) is 40.5 Å². The highest BCUT2D eigenvalue weighted by Crippen LogP contribution is 2.17. The Hall–Kier alpha value is -2.50. The molecule has 1 aliphatic rings. The molecule has 1 aromatic carbocycles. The molecule has 1 fully saturated rings. The highest BCUT2D eigenvalue weighted by atomic mass is 16.2. The molecule has 0 bridgehead atoms. The molecule has 0 aliphatic carbocycles. The molecule has 0 saturated carbocycles. The van der Waals surface area contributed by atoms with E-state index in [1.807, 2.05) is 41.8 Å². The monoisotopic (exact) mass is 368 g/mol. The van der Waals surface area contributed by atoms with Crippen molar-refractivity contribution >= 4 is 22.8 Å². The van der Waals surface area contributed by atoms with E-state index in [0.717, 1.165) is 35.4 Å². The van der Waals surface area contributed by atoms with Crippen LogP contribution >= 0.6 is 0 Å². The summed E-state index contributed by atoms with van der Waals surface area (Å²) in [5.41, 5.74) is 3.95. The van der Waals surface area contributed by atoms with Crippen molar-refractivity contribution in [2.24, 2.45) is 5.92 Å². The maximum atomic E-state index is 13.0. The van der Waals surface area contributed by atoms with Gasteiger partial charge in [0.05, 0.1) is 22.4 Å². The summed E-state index contributed by atoms with van der Waals surface area (Å²) >= 11 is 0. The van der Waals surface area contributed by atoms with Gasteiger partial charge in [-0.15, -0.1) is 0 Å². The van der Waals surface area contributed by atoms with Crippen molar-refractivity contribution in [3.8, 4) is 0 Å². The molecule has 0 unspecified atom stereocenters. The van der Waals surface area contributed by atoms with Gasteiger partial charge in [-0.3, -0.25) is 9.59 Å². The Balaban J connectivity index is 1.73. The highest BCUT2D eigenvalue weighted by molar-refractivity contribution is 5.97. The van der Waals surface area contributed by atoms with Crippen molar-refractivity contribution in [3.05, 3.63) is 35.2 Å². The van der Waals surface area contributed by atoms with Crippen molar-refractivity contribution in [1.29, 1.82) is 0 Å². The quantitative estimate of drug-likeness (QED) is 0.835. The number of benzene rings is 1. The molecule has 6 nitrogen and oxygen atoms in total. The Kier molecular flexibility index (Phi) is 5.73. The summed E-state index contributed by atoms with van der Waals surface area (Å²) in [6.45, 7) is 10.5. The van der Waals surface area contributed by atoms with E-state index in [1.165, 1.54) is 0 Å². The van der Waals surface area contributed by atoms with E-state index < -0.39 is 0 Å². The molecule has 3 rings (SSSR count). The zero-order chi connectivity index (χ0) is 19.6. The number of hydrogen-bond donors (Lipinski definition) is 0. The third-order valence-corrected chi connectivity index (χ3v) is 5.04. The first kappa shape index (κ1) is 19.3. The first-order valence-corrected chi connectivity index (χ1v) is 9.67. The summed E-state index contributed by atoms with van der Waals surface area (Å²) in [4.78, 5) is 38.1. The molecule has 1 aliphatic heterocycles. The van der Waals surface area contributed by atoms with E-state index in [-0.39, 0.29) is 11.8 Å². The van der Waals surface area contributed by atoms with Crippen molar-refractivity contribution in [3.63, 3.8) is 0 Å². The Morgan fingerprint density at radius 3 is 2.30 bits per heavy atom. The Labute approximate surface area is 160 Å². The Morgan fingerprint density at radius 2 is 1.59 bits per heavy atom. The van der Waals surface area contributed by atoms with E-state index in [2.05, 4.69) is 23.8 Å². The minimum absolute atomic E-state index is 0.00455. The van der Waals surface area contributed by atoms with Gasteiger partial charge in [0.15, 0.2) is 0 Å². The molecule has 1 saturated heterocycles. The second-order valence-electron chi connectivity index (χ2n) is 7.72. The van der Waals surface area contributed by atoms with Gasteiger partial charge in [0, 0.05) is 38.2 Å². The molecular weight excluding hydrogens is 340 g/mol. The number of aromatic nitrogens is 2. The Bertz CT molecular complexity index is 863. The van der Waals surface area contributed by atoms with Crippen LogP contribution in [0.3, 0.4) is 0 Å². The summed E-state index contributed by atoms with van der Waals surface area (Å²) < 4.78 is 0. The molecule has 6 heteroatoms. The topological polar surface area (TPSA) is 66.4 Å². The summed E-state index contributed by atoms with van der Waals surface area (Å²) in [5, 5.41) is 0. The number of amides is 2. The first-order valence-electron chi connectivity index (χ1n) is 9.67. The van der Waals surface area contributed by atoms with Crippen LogP contribution in [-0.4, -0.2) is 57.8 Å². The number of aryl methyl sites for hydroxylation is 2. The summed E-state index contributed by atoms with van der Waals surface area (Å²) in [5.74, 6) is 0.533. The number of nitrogens with zero attached hydrogens (tertiary/aromatic N) is 4. The van der Waals surface area contributed by atoms with Crippen molar-refractivity contribution in [2.75, 3.05) is 26.2 Å². The molecule has 144 valence electrons. The number of hydrogen-bond acceptors (Lipinski definition) is 4. The minimum Gasteiger partial charge on any atom is -0.341 e. The van der Waals surface area contributed by atoms with Gasteiger partial charge in [0.25, 0.3) is 5.91 Å². The van der Waals surface area contributed by atoms with Gasteiger partial charge in [-0.1, -0.05) is 13.8 Å². The van der Waals surface area contributed by atoms with Crippen LogP contribution < -0.4 is 0 Å². The van der Waals surface area contributed by atoms with Crippen LogP contribution in [0, 0.1) is 19.8 Å². The third kappa shape index (κ3) is 4.43. The summed E-state index contributed by atoms with van der Waals surface area (Å²) in [7, 11) is 0. The van der Waals surface area contributed by atoms with E-state index >= 15 is 0 Å². The fourth-order valence-electron chi connectivity index (χ4n) is 3.39. The highest BCUT2D eigenvalue weighted by Gasteiger charge is 2.23. The van der Waals surface area contributed by atoms with Crippen LogP contribution in [0.15, 0.2) is 18.2 Å². The average molecular weight is 368 g/mol. The SMILES string of the molecule is Cc1nc2ccc(C(=O)N3CCCN(C(=O)CC(C)C)CC3)cc2nc1C. The predicted molar refractivity (Wildman–Crippen MR) is 106 cm³/mol. The second kappa shape index (κ2) is 8.03. The van der Waals surface area contributed by atoms with Gasteiger partial charge < -0.3 is 9.80 Å². The molecule has 1 aromatic heterocycles. The zero-order valence-electron chi connectivity index (χ0n) is 16.7. The minimum atomic E-state index is -0.00455. The van der Waals surface area contributed by atoms with Crippen LogP contribution in [0.5, 0.6) is 0 Å².